The molecule has 2 amide bonds. The van der Waals surface area contributed by atoms with E-state index in [4.69, 9.17) is 0 Å². The lowest BCUT2D eigenvalue weighted by molar-refractivity contribution is 0.167. The van der Waals surface area contributed by atoms with Gasteiger partial charge in [-0.1, -0.05) is 6.07 Å². The van der Waals surface area contributed by atoms with Crippen LogP contribution in [0.5, 0.6) is 0 Å². The Morgan fingerprint density at radius 1 is 1.53 bits per heavy atom. The first-order valence-corrected chi connectivity index (χ1v) is 7.59. The molecule has 0 aliphatic carbocycles. The Bertz CT molecular complexity index is 463. The maximum atomic E-state index is 11.9. The zero-order valence-electron chi connectivity index (χ0n) is 11.4. The molecule has 0 saturated carbocycles. The van der Waals surface area contributed by atoms with Crippen molar-refractivity contribution in [2.24, 2.45) is 0 Å². The van der Waals surface area contributed by atoms with Crippen LogP contribution in [-0.4, -0.2) is 46.2 Å². The quantitative estimate of drug-likeness (QED) is 0.864. The molecule has 2 unspecified atom stereocenters. The van der Waals surface area contributed by atoms with E-state index in [0.717, 1.165) is 0 Å². The predicted molar refractivity (Wildman–Crippen MR) is 76.7 cm³/mol. The molecule has 6 heteroatoms. The molecule has 0 aromatic heterocycles. The molecule has 0 bridgehead atoms. The van der Waals surface area contributed by atoms with Crippen molar-refractivity contribution in [3.8, 4) is 0 Å². The summed E-state index contributed by atoms with van der Waals surface area (Å²) in [6, 6.07) is 6.69. The number of hydrogen-bond donors (Lipinski definition) is 2. The second-order valence-corrected chi connectivity index (χ2v) is 5.85. The summed E-state index contributed by atoms with van der Waals surface area (Å²) < 4.78 is 11.4. The molecule has 0 spiro atoms. The minimum atomic E-state index is -1.07. The first-order chi connectivity index (χ1) is 8.90. The second kappa shape index (κ2) is 7.25. The van der Waals surface area contributed by atoms with E-state index in [1.165, 1.54) is 4.90 Å². The molecule has 0 saturated heterocycles. The summed E-state index contributed by atoms with van der Waals surface area (Å²) in [5.74, 6) is 0. The molecule has 106 valence electrons. The summed E-state index contributed by atoms with van der Waals surface area (Å²) in [6.45, 7) is 2.16. The standard InChI is InChI=1S/C13H20N2O3S/c1-10(16)7-8-15(2)13(17)14-11-5-4-6-12(9-11)19(3)18/h4-6,9-10,16H,7-8H2,1-3H3,(H,14,17). The first kappa shape index (κ1) is 15.7. The van der Waals surface area contributed by atoms with Crippen molar-refractivity contribution in [1.82, 2.24) is 4.90 Å². The van der Waals surface area contributed by atoms with E-state index in [1.807, 2.05) is 0 Å². The molecule has 5 nitrogen and oxygen atoms in total. The van der Waals surface area contributed by atoms with Crippen molar-refractivity contribution in [1.29, 1.82) is 0 Å². The number of nitrogens with one attached hydrogen (secondary N) is 1. The Balaban J connectivity index is 2.61. The van der Waals surface area contributed by atoms with Crippen LogP contribution >= 0.6 is 0 Å². The zero-order chi connectivity index (χ0) is 14.4. The number of carbonyl (C=O) groups excluding carboxylic acids is 1. The maximum absolute atomic E-state index is 11.9. The fourth-order valence-corrected chi connectivity index (χ4v) is 2.02. The minimum Gasteiger partial charge on any atom is -0.393 e. The summed E-state index contributed by atoms with van der Waals surface area (Å²) in [5.41, 5.74) is 0.613. The van der Waals surface area contributed by atoms with Gasteiger partial charge in [0.25, 0.3) is 0 Å². The number of aliphatic hydroxyl groups excluding tert-OH is 1. The molecule has 0 aliphatic rings. The fourth-order valence-electron chi connectivity index (χ4n) is 1.45. The molecule has 0 fully saturated rings. The van der Waals surface area contributed by atoms with E-state index in [1.54, 1.807) is 44.5 Å². The zero-order valence-corrected chi connectivity index (χ0v) is 12.2. The van der Waals surface area contributed by atoms with Gasteiger partial charge < -0.3 is 15.3 Å². The van der Waals surface area contributed by atoms with Gasteiger partial charge in [0.1, 0.15) is 0 Å². The molecule has 1 rings (SSSR count). The van der Waals surface area contributed by atoms with E-state index >= 15 is 0 Å². The lowest BCUT2D eigenvalue weighted by Gasteiger charge is -2.18. The number of benzene rings is 1. The number of carbonyl (C=O) groups is 1. The number of amides is 2. The molecule has 2 atom stereocenters. The second-order valence-electron chi connectivity index (χ2n) is 4.47. The van der Waals surface area contributed by atoms with Crippen LogP contribution in [0.4, 0.5) is 10.5 Å². The third kappa shape index (κ3) is 5.40. The maximum Gasteiger partial charge on any atom is 0.321 e. The van der Waals surface area contributed by atoms with Crippen molar-refractivity contribution >= 4 is 22.5 Å². The van der Waals surface area contributed by atoms with Crippen LogP contribution in [0, 0.1) is 0 Å². The number of hydrogen-bond acceptors (Lipinski definition) is 3. The van der Waals surface area contributed by atoms with Crippen molar-refractivity contribution in [2.75, 3.05) is 25.2 Å². The van der Waals surface area contributed by atoms with E-state index < -0.39 is 16.9 Å². The van der Waals surface area contributed by atoms with E-state index in [9.17, 15) is 14.1 Å². The van der Waals surface area contributed by atoms with E-state index in [-0.39, 0.29) is 6.03 Å². The van der Waals surface area contributed by atoms with E-state index in [2.05, 4.69) is 5.32 Å². The average Bonchev–Trinajstić information content (AvgIpc) is 2.36. The van der Waals surface area contributed by atoms with Crippen LogP contribution in [-0.2, 0) is 10.8 Å². The van der Waals surface area contributed by atoms with Gasteiger partial charge in [0.15, 0.2) is 0 Å². The SMILES string of the molecule is CC(O)CCN(C)C(=O)Nc1cccc(S(C)=O)c1. The number of anilines is 1. The van der Waals surface area contributed by atoms with Crippen molar-refractivity contribution in [2.45, 2.75) is 24.3 Å². The Morgan fingerprint density at radius 2 is 2.21 bits per heavy atom. The molecule has 2 N–H and O–H groups in total. The van der Waals surface area contributed by atoms with Gasteiger partial charge in [-0.15, -0.1) is 0 Å². The molecular weight excluding hydrogens is 264 g/mol. The Kier molecular flexibility index (Phi) is 5.98. The van der Waals surface area contributed by atoms with Crippen LogP contribution < -0.4 is 5.32 Å². The van der Waals surface area contributed by atoms with Gasteiger partial charge in [-0.3, -0.25) is 4.21 Å². The highest BCUT2D eigenvalue weighted by atomic mass is 32.2. The summed E-state index contributed by atoms with van der Waals surface area (Å²) in [4.78, 5) is 14.0. The summed E-state index contributed by atoms with van der Waals surface area (Å²) in [5, 5.41) is 11.9. The summed E-state index contributed by atoms with van der Waals surface area (Å²) in [6.07, 6.45) is 1.69. The number of nitrogens with zero attached hydrogens (tertiary/aromatic N) is 1. The minimum absolute atomic E-state index is 0.250. The van der Waals surface area contributed by atoms with Crippen LogP contribution in [0.3, 0.4) is 0 Å². The van der Waals surface area contributed by atoms with Gasteiger partial charge >= 0.3 is 6.03 Å². The number of rotatable bonds is 5. The number of aliphatic hydroxyl groups is 1. The van der Waals surface area contributed by atoms with Crippen LogP contribution in [0.1, 0.15) is 13.3 Å². The summed E-state index contributed by atoms with van der Waals surface area (Å²) in [7, 11) is 0.594. The van der Waals surface area contributed by atoms with Gasteiger partial charge in [0, 0.05) is 41.2 Å². The third-order valence-corrected chi connectivity index (χ3v) is 3.56. The van der Waals surface area contributed by atoms with Gasteiger partial charge in [0.2, 0.25) is 0 Å². The molecule has 0 heterocycles. The average molecular weight is 284 g/mol. The highest BCUT2D eigenvalue weighted by molar-refractivity contribution is 7.84. The predicted octanol–water partition coefficient (Wildman–Crippen LogP) is 1.66. The van der Waals surface area contributed by atoms with Crippen molar-refractivity contribution < 1.29 is 14.1 Å². The molecule has 0 aliphatic heterocycles. The van der Waals surface area contributed by atoms with Gasteiger partial charge in [-0.25, -0.2) is 4.79 Å². The fraction of sp³-hybridized carbons (Fsp3) is 0.462. The molecule has 19 heavy (non-hydrogen) atoms. The van der Waals surface area contributed by atoms with Crippen molar-refractivity contribution in [3.05, 3.63) is 24.3 Å². The first-order valence-electron chi connectivity index (χ1n) is 6.04. The monoisotopic (exact) mass is 284 g/mol. The largest absolute Gasteiger partial charge is 0.393 e. The smallest absolute Gasteiger partial charge is 0.321 e. The topological polar surface area (TPSA) is 69.6 Å². The highest BCUT2D eigenvalue weighted by Crippen LogP contribution is 2.13. The molecule has 1 aromatic carbocycles. The Hall–Kier alpha value is -1.40. The molecular formula is C13H20N2O3S. The van der Waals surface area contributed by atoms with Crippen LogP contribution in [0.2, 0.25) is 0 Å². The molecule has 0 radical (unpaired) electrons. The lowest BCUT2D eigenvalue weighted by Crippen LogP contribution is -2.33. The van der Waals surface area contributed by atoms with Gasteiger partial charge in [0.05, 0.1) is 6.10 Å². The highest BCUT2D eigenvalue weighted by Gasteiger charge is 2.10. The van der Waals surface area contributed by atoms with Crippen molar-refractivity contribution in [3.63, 3.8) is 0 Å². The lowest BCUT2D eigenvalue weighted by atomic mass is 10.3. The third-order valence-electron chi connectivity index (χ3n) is 2.65. The molecule has 1 aromatic rings. The number of urea groups is 1. The van der Waals surface area contributed by atoms with Gasteiger partial charge in [-0.2, -0.15) is 0 Å². The Morgan fingerprint density at radius 3 is 2.79 bits per heavy atom. The van der Waals surface area contributed by atoms with E-state index in [0.29, 0.717) is 23.5 Å². The Labute approximate surface area is 116 Å². The summed E-state index contributed by atoms with van der Waals surface area (Å²) >= 11 is 0. The van der Waals surface area contributed by atoms with Crippen LogP contribution in [0.15, 0.2) is 29.2 Å². The van der Waals surface area contributed by atoms with Crippen LogP contribution in [0.25, 0.3) is 0 Å². The van der Waals surface area contributed by atoms with Gasteiger partial charge in [-0.05, 0) is 31.5 Å². The normalized spacial score (nSPS) is 13.7.